The van der Waals surface area contributed by atoms with Crippen LogP contribution in [0.2, 0.25) is 0 Å². The maximum absolute atomic E-state index is 11.2. The van der Waals surface area contributed by atoms with Gasteiger partial charge in [-0.2, -0.15) is 0 Å². The number of nitrogens with zero attached hydrogens (tertiary/aromatic N) is 1. The quantitative estimate of drug-likeness (QED) is 0.841. The predicted octanol–water partition coefficient (Wildman–Crippen LogP) is 3.27. The van der Waals surface area contributed by atoms with Gasteiger partial charge in [0.2, 0.25) is 0 Å². The molecule has 0 bridgehead atoms. The molecule has 19 heavy (non-hydrogen) atoms. The lowest BCUT2D eigenvalue weighted by Crippen LogP contribution is -2.05. The monoisotopic (exact) mass is 369 g/mol. The van der Waals surface area contributed by atoms with Crippen molar-refractivity contribution in [3.63, 3.8) is 0 Å². The van der Waals surface area contributed by atoms with E-state index in [9.17, 15) is 4.79 Å². The number of aromatic carboxylic acids is 1. The van der Waals surface area contributed by atoms with Gasteiger partial charge >= 0.3 is 5.97 Å². The molecule has 4 nitrogen and oxygen atoms in total. The summed E-state index contributed by atoms with van der Waals surface area (Å²) in [6.45, 7) is 2.20. The molecule has 0 fully saturated rings. The predicted molar refractivity (Wildman–Crippen MR) is 79.4 cm³/mol. The average Bonchev–Trinajstić information content (AvgIpc) is 2.38. The first-order valence-electron chi connectivity index (χ1n) is 5.64. The average molecular weight is 369 g/mol. The minimum absolute atomic E-state index is 0.167. The number of benzene rings is 1. The fourth-order valence-electron chi connectivity index (χ4n) is 1.61. The highest BCUT2D eigenvalue weighted by Crippen LogP contribution is 2.22. The zero-order valence-corrected chi connectivity index (χ0v) is 12.4. The lowest BCUT2D eigenvalue weighted by molar-refractivity contribution is 0.0691. The number of hydrogen-bond donors (Lipinski definition) is 1. The van der Waals surface area contributed by atoms with Crippen LogP contribution in [0, 0.1) is 10.5 Å². The van der Waals surface area contributed by atoms with E-state index in [-0.39, 0.29) is 12.2 Å². The summed E-state index contributed by atoms with van der Waals surface area (Å²) >= 11 is 2.07. The van der Waals surface area contributed by atoms with Gasteiger partial charge in [-0.05, 0) is 59.3 Å². The fourth-order valence-corrected chi connectivity index (χ4v) is 2.10. The van der Waals surface area contributed by atoms with Crippen LogP contribution in [-0.2, 0) is 6.61 Å². The van der Waals surface area contributed by atoms with Crippen molar-refractivity contribution in [3.05, 3.63) is 56.9 Å². The summed E-state index contributed by atoms with van der Waals surface area (Å²) in [6.07, 6.45) is 1.69. The van der Waals surface area contributed by atoms with Gasteiger partial charge in [0.1, 0.15) is 17.9 Å². The fraction of sp³-hybridized carbons (Fsp3) is 0.143. The molecule has 0 amide bonds. The Labute approximate surface area is 124 Å². The van der Waals surface area contributed by atoms with Crippen LogP contribution >= 0.6 is 22.6 Å². The molecule has 0 spiro atoms. The molecule has 0 saturated carbocycles. The van der Waals surface area contributed by atoms with Gasteiger partial charge in [0.05, 0.1) is 5.69 Å². The molecule has 0 aliphatic heterocycles. The van der Waals surface area contributed by atoms with E-state index >= 15 is 0 Å². The van der Waals surface area contributed by atoms with E-state index in [1.807, 2.05) is 25.1 Å². The van der Waals surface area contributed by atoms with E-state index < -0.39 is 5.97 Å². The molecule has 2 aromatic rings. The number of ether oxygens (including phenoxy) is 1. The second-order valence-corrected chi connectivity index (χ2v) is 5.25. The maximum Gasteiger partial charge on any atom is 0.339 e. The number of aryl methyl sites for hydroxylation is 1. The molecular formula is C14H12INO3. The van der Waals surface area contributed by atoms with Crippen molar-refractivity contribution in [2.45, 2.75) is 13.5 Å². The third-order valence-corrected chi connectivity index (χ3v) is 3.33. The lowest BCUT2D eigenvalue weighted by atomic mass is 10.2. The van der Waals surface area contributed by atoms with Gasteiger partial charge < -0.3 is 9.84 Å². The molecule has 98 valence electrons. The summed E-state index contributed by atoms with van der Waals surface area (Å²) in [6, 6.07) is 8.87. The van der Waals surface area contributed by atoms with Crippen LogP contribution < -0.4 is 4.74 Å². The summed E-state index contributed by atoms with van der Waals surface area (Å²) in [7, 11) is 0. The number of pyridine rings is 1. The Morgan fingerprint density at radius 2 is 2.21 bits per heavy atom. The van der Waals surface area contributed by atoms with Crippen LogP contribution in [0.1, 0.15) is 21.6 Å². The Balaban J connectivity index is 2.20. The van der Waals surface area contributed by atoms with Crippen molar-refractivity contribution < 1.29 is 14.6 Å². The van der Waals surface area contributed by atoms with Crippen molar-refractivity contribution in [2.75, 3.05) is 0 Å². The van der Waals surface area contributed by atoms with E-state index in [4.69, 9.17) is 9.84 Å². The number of halogens is 1. The Kier molecular flexibility index (Phi) is 4.36. The van der Waals surface area contributed by atoms with Crippen molar-refractivity contribution >= 4 is 28.6 Å². The first-order valence-corrected chi connectivity index (χ1v) is 6.72. The van der Waals surface area contributed by atoms with Gasteiger partial charge in [-0.3, -0.25) is 4.98 Å². The molecule has 0 aliphatic rings. The van der Waals surface area contributed by atoms with Gasteiger partial charge in [-0.1, -0.05) is 6.07 Å². The molecular weight excluding hydrogens is 357 g/mol. The summed E-state index contributed by atoms with van der Waals surface area (Å²) in [4.78, 5) is 15.4. The minimum atomic E-state index is -0.994. The van der Waals surface area contributed by atoms with Gasteiger partial charge in [0, 0.05) is 9.77 Å². The molecule has 0 atom stereocenters. The Morgan fingerprint density at radius 3 is 2.89 bits per heavy atom. The van der Waals surface area contributed by atoms with Crippen LogP contribution in [0.5, 0.6) is 5.75 Å². The molecule has 1 aromatic carbocycles. The standard InChI is InChI=1S/C14H12INO3/c1-9-3-2-6-16-12(9)8-19-13-5-4-10(15)7-11(13)14(17)18/h2-7H,8H2,1H3,(H,17,18). The Morgan fingerprint density at radius 1 is 1.42 bits per heavy atom. The van der Waals surface area contributed by atoms with Crippen LogP contribution in [-0.4, -0.2) is 16.1 Å². The second kappa shape index (κ2) is 6.01. The third-order valence-electron chi connectivity index (χ3n) is 2.65. The first kappa shape index (κ1) is 13.8. The second-order valence-electron chi connectivity index (χ2n) is 4.00. The van der Waals surface area contributed by atoms with Gasteiger partial charge in [0.25, 0.3) is 0 Å². The van der Waals surface area contributed by atoms with E-state index in [0.29, 0.717) is 5.75 Å². The zero-order valence-electron chi connectivity index (χ0n) is 10.3. The van der Waals surface area contributed by atoms with Crippen molar-refractivity contribution in [1.82, 2.24) is 4.98 Å². The van der Waals surface area contributed by atoms with Crippen molar-refractivity contribution in [2.24, 2.45) is 0 Å². The summed E-state index contributed by atoms with van der Waals surface area (Å²) in [5.41, 5.74) is 1.99. The molecule has 1 aromatic heterocycles. The largest absolute Gasteiger partial charge is 0.486 e. The Bertz CT molecular complexity index is 613. The molecule has 1 heterocycles. The van der Waals surface area contributed by atoms with Gasteiger partial charge in [-0.25, -0.2) is 4.79 Å². The number of carboxylic acid groups (broad SMARTS) is 1. The maximum atomic E-state index is 11.2. The highest BCUT2D eigenvalue weighted by Gasteiger charge is 2.12. The minimum Gasteiger partial charge on any atom is -0.486 e. The van der Waals surface area contributed by atoms with Crippen LogP contribution in [0.3, 0.4) is 0 Å². The first-order chi connectivity index (χ1) is 9.08. The van der Waals surface area contributed by atoms with Gasteiger partial charge in [0.15, 0.2) is 0 Å². The Hall–Kier alpha value is -1.63. The molecule has 1 N–H and O–H groups in total. The molecule has 0 saturated heterocycles. The highest BCUT2D eigenvalue weighted by atomic mass is 127. The van der Waals surface area contributed by atoms with E-state index in [1.54, 1.807) is 18.3 Å². The number of hydrogen-bond acceptors (Lipinski definition) is 3. The van der Waals surface area contributed by atoms with Crippen molar-refractivity contribution in [3.8, 4) is 5.75 Å². The normalized spacial score (nSPS) is 10.2. The lowest BCUT2D eigenvalue weighted by Gasteiger charge is -2.10. The molecule has 5 heteroatoms. The summed E-state index contributed by atoms with van der Waals surface area (Å²) in [5.74, 6) is -0.635. The summed E-state index contributed by atoms with van der Waals surface area (Å²) < 4.78 is 6.43. The number of carbonyl (C=O) groups is 1. The van der Waals surface area contributed by atoms with Crippen LogP contribution in [0.4, 0.5) is 0 Å². The molecule has 0 radical (unpaired) electrons. The third kappa shape index (κ3) is 3.44. The topological polar surface area (TPSA) is 59.4 Å². The number of aromatic nitrogens is 1. The van der Waals surface area contributed by atoms with E-state index in [2.05, 4.69) is 27.6 Å². The molecule has 0 aliphatic carbocycles. The van der Waals surface area contributed by atoms with E-state index in [0.717, 1.165) is 14.8 Å². The molecule has 0 unspecified atom stereocenters. The number of carboxylic acids is 1. The van der Waals surface area contributed by atoms with Gasteiger partial charge in [-0.15, -0.1) is 0 Å². The molecule has 2 rings (SSSR count). The van der Waals surface area contributed by atoms with Crippen LogP contribution in [0.15, 0.2) is 36.5 Å². The smallest absolute Gasteiger partial charge is 0.339 e. The highest BCUT2D eigenvalue weighted by molar-refractivity contribution is 14.1. The van der Waals surface area contributed by atoms with Crippen LogP contribution in [0.25, 0.3) is 0 Å². The van der Waals surface area contributed by atoms with E-state index in [1.165, 1.54) is 0 Å². The summed E-state index contributed by atoms with van der Waals surface area (Å²) in [5, 5.41) is 9.14. The SMILES string of the molecule is Cc1cccnc1COc1ccc(I)cc1C(=O)O. The zero-order chi connectivity index (χ0) is 13.8. The number of rotatable bonds is 4. The van der Waals surface area contributed by atoms with Crippen molar-refractivity contribution in [1.29, 1.82) is 0 Å².